The summed E-state index contributed by atoms with van der Waals surface area (Å²) < 4.78 is 0.716. The van der Waals surface area contributed by atoms with Crippen LogP contribution in [0.4, 0.5) is 5.69 Å². The number of aliphatic hydroxyl groups excluding tert-OH is 2. The number of hydrogen-bond acceptors (Lipinski definition) is 4. The van der Waals surface area contributed by atoms with Gasteiger partial charge >= 0.3 is 0 Å². The smallest absolute Gasteiger partial charge is 0.254 e. The normalized spacial score (nSPS) is 10.3. The number of nitrogen functional groups attached to an aromatic ring is 1. The Morgan fingerprint density at radius 1 is 1.24 bits per heavy atom. The van der Waals surface area contributed by atoms with Gasteiger partial charge in [0.05, 0.1) is 13.2 Å². The lowest BCUT2D eigenvalue weighted by Gasteiger charge is -2.20. The van der Waals surface area contributed by atoms with E-state index in [1.807, 2.05) is 0 Å². The number of halogens is 1. The van der Waals surface area contributed by atoms with Crippen LogP contribution in [0.2, 0.25) is 0 Å². The fourth-order valence-corrected chi connectivity index (χ4v) is 1.99. The first kappa shape index (κ1) is 14.0. The number of carbonyl (C=O) groups excluding carboxylic acids is 1. The molecule has 94 valence electrons. The number of hydrogen-bond donors (Lipinski definition) is 3. The van der Waals surface area contributed by atoms with Gasteiger partial charge in [-0.2, -0.15) is 0 Å². The summed E-state index contributed by atoms with van der Waals surface area (Å²) in [5.41, 5.74) is 6.56. The summed E-state index contributed by atoms with van der Waals surface area (Å²) in [6.07, 6.45) is 0. The minimum absolute atomic E-state index is 0.144. The monoisotopic (exact) mass is 302 g/mol. The highest BCUT2D eigenvalue weighted by Gasteiger charge is 2.15. The van der Waals surface area contributed by atoms with Crippen molar-refractivity contribution in [3.63, 3.8) is 0 Å². The second kappa shape index (κ2) is 6.58. The van der Waals surface area contributed by atoms with Gasteiger partial charge < -0.3 is 20.8 Å². The SMILES string of the molecule is Nc1cc(Br)cc(C(=O)N(CCO)CCO)c1. The molecule has 0 fully saturated rings. The molecule has 0 atom stereocenters. The number of nitrogens with two attached hydrogens (primary N) is 1. The molecule has 4 N–H and O–H groups in total. The van der Waals surface area contributed by atoms with Crippen LogP contribution in [0.3, 0.4) is 0 Å². The van der Waals surface area contributed by atoms with Gasteiger partial charge in [0.1, 0.15) is 0 Å². The first-order valence-electron chi connectivity index (χ1n) is 5.15. The highest BCUT2D eigenvalue weighted by Crippen LogP contribution is 2.18. The number of amides is 1. The number of anilines is 1. The van der Waals surface area contributed by atoms with Crippen LogP contribution < -0.4 is 5.73 Å². The molecule has 0 bridgehead atoms. The average molecular weight is 303 g/mol. The fourth-order valence-electron chi connectivity index (χ4n) is 1.47. The Morgan fingerprint density at radius 3 is 2.29 bits per heavy atom. The average Bonchev–Trinajstić information content (AvgIpc) is 2.26. The number of aliphatic hydroxyl groups is 2. The van der Waals surface area contributed by atoms with Crippen LogP contribution in [0.15, 0.2) is 22.7 Å². The highest BCUT2D eigenvalue weighted by atomic mass is 79.9. The van der Waals surface area contributed by atoms with Crippen LogP contribution >= 0.6 is 15.9 Å². The Hall–Kier alpha value is -1.11. The largest absolute Gasteiger partial charge is 0.399 e. The van der Waals surface area contributed by atoms with Crippen LogP contribution in [0.25, 0.3) is 0 Å². The van der Waals surface area contributed by atoms with Crippen molar-refractivity contribution in [3.8, 4) is 0 Å². The number of benzene rings is 1. The molecule has 17 heavy (non-hydrogen) atoms. The van der Waals surface area contributed by atoms with Gasteiger partial charge in [0.2, 0.25) is 0 Å². The molecule has 0 aliphatic heterocycles. The van der Waals surface area contributed by atoms with E-state index in [4.69, 9.17) is 15.9 Å². The first-order valence-corrected chi connectivity index (χ1v) is 5.95. The summed E-state index contributed by atoms with van der Waals surface area (Å²) in [6.45, 7) is 0.0854. The maximum atomic E-state index is 12.1. The molecule has 0 aromatic heterocycles. The molecule has 0 aliphatic rings. The van der Waals surface area contributed by atoms with E-state index in [1.54, 1.807) is 18.2 Å². The van der Waals surface area contributed by atoms with E-state index < -0.39 is 0 Å². The molecule has 0 radical (unpaired) electrons. The number of nitrogens with zero attached hydrogens (tertiary/aromatic N) is 1. The quantitative estimate of drug-likeness (QED) is 0.690. The third-order valence-electron chi connectivity index (χ3n) is 2.19. The Balaban J connectivity index is 2.92. The van der Waals surface area contributed by atoms with Crippen LogP contribution in [0.5, 0.6) is 0 Å². The van der Waals surface area contributed by atoms with E-state index in [9.17, 15) is 4.79 Å². The predicted molar refractivity (Wildman–Crippen MR) is 68.6 cm³/mol. The molecule has 0 saturated heterocycles. The minimum Gasteiger partial charge on any atom is -0.399 e. The zero-order chi connectivity index (χ0) is 12.8. The van der Waals surface area contributed by atoms with Crippen LogP contribution in [0, 0.1) is 0 Å². The zero-order valence-corrected chi connectivity index (χ0v) is 10.9. The Morgan fingerprint density at radius 2 is 1.82 bits per heavy atom. The Kier molecular flexibility index (Phi) is 5.40. The van der Waals surface area contributed by atoms with E-state index in [-0.39, 0.29) is 32.2 Å². The van der Waals surface area contributed by atoms with Gasteiger partial charge in [-0.1, -0.05) is 15.9 Å². The molecular formula is C11H15BrN2O3. The molecule has 0 spiro atoms. The van der Waals surface area contributed by atoms with Crippen molar-refractivity contribution in [1.82, 2.24) is 4.90 Å². The molecule has 0 aliphatic carbocycles. The molecule has 5 nitrogen and oxygen atoms in total. The van der Waals surface area contributed by atoms with Crippen molar-refractivity contribution >= 4 is 27.5 Å². The molecule has 1 aromatic carbocycles. The Labute approximate surface area is 108 Å². The molecule has 0 saturated carbocycles. The minimum atomic E-state index is -0.263. The third kappa shape index (κ3) is 3.99. The van der Waals surface area contributed by atoms with Crippen LogP contribution in [-0.4, -0.2) is 47.3 Å². The van der Waals surface area contributed by atoms with Gasteiger partial charge in [0.15, 0.2) is 0 Å². The van der Waals surface area contributed by atoms with Gasteiger partial charge in [-0.3, -0.25) is 4.79 Å². The van der Waals surface area contributed by atoms with Gasteiger partial charge in [-0.05, 0) is 18.2 Å². The maximum absolute atomic E-state index is 12.1. The van der Waals surface area contributed by atoms with Crippen molar-refractivity contribution in [2.45, 2.75) is 0 Å². The summed E-state index contributed by atoms with van der Waals surface area (Å²) in [6, 6.07) is 4.91. The van der Waals surface area contributed by atoms with Crippen LogP contribution in [-0.2, 0) is 0 Å². The molecular weight excluding hydrogens is 288 g/mol. The standard InChI is InChI=1S/C11H15BrN2O3/c12-9-5-8(6-10(13)7-9)11(17)14(1-3-15)2-4-16/h5-7,15-16H,1-4,13H2. The molecule has 1 rings (SSSR count). The molecule has 1 aromatic rings. The second-order valence-electron chi connectivity index (χ2n) is 3.51. The zero-order valence-electron chi connectivity index (χ0n) is 9.27. The predicted octanol–water partition coefficient (Wildman–Crippen LogP) is 0.458. The van der Waals surface area contributed by atoms with Gasteiger partial charge in [-0.15, -0.1) is 0 Å². The van der Waals surface area contributed by atoms with E-state index in [0.29, 0.717) is 15.7 Å². The van der Waals surface area contributed by atoms with Gasteiger partial charge in [-0.25, -0.2) is 0 Å². The lowest BCUT2D eigenvalue weighted by atomic mass is 10.1. The summed E-state index contributed by atoms with van der Waals surface area (Å²) >= 11 is 3.26. The number of carbonyl (C=O) groups is 1. The Bertz CT molecular complexity index is 372. The molecule has 0 heterocycles. The van der Waals surface area contributed by atoms with E-state index in [0.717, 1.165) is 0 Å². The van der Waals surface area contributed by atoms with Gasteiger partial charge in [0, 0.05) is 28.8 Å². The van der Waals surface area contributed by atoms with Crippen molar-refractivity contribution in [2.75, 3.05) is 32.0 Å². The summed E-state index contributed by atoms with van der Waals surface area (Å²) in [7, 11) is 0. The topological polar surface area (TPSA) is 86.8 Å². The van der Waals surface area contributed by atoms with Gasteiger partial charge in [0.25, 0.3) is 5.91 Å². The highest BCUT2D eigenvalue weighted by molar-refractivity contribution is 9.10. The lowest BCUT2D eigenvalue weighted by Crippen LogP contribution is -2.35. The maximum Gasteiger partial charge on any atom is 0.254 e. The van der Waals surface area contributed by atoms with Crippen molar-refractivity contribution in [1.29, 1.82) is 0 Å². The van der Waals surface area contributed by atoms with Crippen molar-refractivity contribution in [3.05, 3.63) is 28.2 Å². The fraction of sp³-hybridized carbons (Fsp3) is 0.364. The number of rotatable bonds is 5. The summed E-state index contributed by atoms with van der Waals surface area (Å²) in [5.74, 6) is -0.263. The van der Waals surface area contributed by atoms with Crippen molar-refractivity contribution in [2.24, 2.45) is 0 Å². The van der Waals surface area contributed by atoms with E-state index in [1.165, 1.54) is 4.90 Å². The lowest BCUT2D eigenvalue weighted by molar-refractivity contribution is 0.0685. The van der Waals surface area contributed by atoms with E-state index in [2.05, 4.69) is 15.9 Å². The third-order valence-corrected chi connectivity index (χ3v) is 2.65. The molecule has 1 amide bonds. The molecule has 0 unspecified atom stereocenters. The molecule has 6 heteroatoms. The summed E-state index contributed by atoms with van der Waals surface area (Å²) in [4.78, 5) is 13.4. The van der Waals surface area contributed by atoms with Crippen molar-refractivity contribution < 1.29 is 15.0 Å². The second-order valence-corrected chi connectivity index (χ2v) is 4.43. The van der Waals surface area contributed by atoms with E-state index >= 15 is 0 Å². The first-order chi connectivity index (χ1) is 8.08. The summed E-state index contributed by atoms with van der Waals surface area (Å²) in [5, 5.41) is 17.7. The van der Waals surface area contributed by atoms with Crippen LogP contribution in [0.1, 0.15) is 10.4 Å².